The van der Waals surface area contributed by atoms with E-state index in [4.69, 9.17) is 11.6 Å². The molecular weight excluding hydrogens is 260 g/mol. The van der Waals surface area contributed by atoms with Gasteiger partial charge < -0.3 is 10.2 Å². The lowest BCUT2D eigenvalue weighted by atomic mass is 9.89. The number of aryl methyl sites for hydroxylation is 1. The molecule has 19 heavy (non-hydrogen) atoms. The summed E-state index contributed by atoms with van der Waals surface area (Å²) in [6.45, 7) is 3.73. The zero-order valence-corrected chi connectivity index (χ0v) is 11.8. The highest BCUT2D eigenvalue weighted by Gasteiger charge is 2.24. The van der Waals surface area contributed by atoms with Gasteiger partial charge in [0.25, 0.3) is 0 Å². The monoisotopic (exact) mass is 276 g/mol. The SMILES string of the molecule is Cc1ccc(CC(C)(O)c2ccc(O)cc2)c(Cl)c1. The van der Waals surface area contributed by atoms with Gasteiger partial charge in [-0.1, -0.05) is 35.9 Å². The number of aliphatic hydroxyl groups is 1. The van der Waals surface area contributed by atoms with Crippen LogP contribution in [-0.4, -0.2) is 10.2 Å². The van der Waals surface area contributed by atoms with E-state index in [9.17, 15) is 10.2 Å². The Morgan fingerprint density at radius 1 is 1.11 bits per heavy atom. The molecule has 2 aromatic carbocycles. The molecule has 0 fully saturated rings. The molecule has 2 nitrogen and oxygen atoms in total. The fourth-order valence-corrected chi connectivity index (χ4v) is 2.39. The standard InChI is InChI=1S/C16H17ClO2/c1-11-3-4-12(15(17)9-11)10-16(2,19)13-5-7-14(18)8-6-13/h3-9,18-19H,10H2,1-2H3. The summed E-state index contributed by atoms with van der Waals surface area (Å²) in [6.07, 6.45) is 0.427. The minimum atomic E-state index is -1.02. The van der Waals surface area contributed by atoms with Crippen molar-refractivity contribution in [3.63, 3.8) is 0 Å². The number of hydrogen-bond donors (Lipinski definition) is 2. The zero-order chi connectivity index (χ0) is 14.0. The molecule has 3 heteroatoms. The fraction of sp³-hybridized carbons (Fsp3) is 0.250. The molecule has 2 rings (SSSR count). The zero-order valence-electron chi connectivity index (χ0n) is 11.0. The van der Waals surface area contributed by atoms with E-state index in [0.717, 1.165) is 16.7 Å². The van der Waals surface area contributed by atoms with Crippen LogP contribution < -0.4 is 0 Å². The summed E-state index contributed by atoms with van der Waals surface area (Å²) in [4.78, 5) is 0. The first-order valence-electron chi connectivity index (χ1n) is 6.15. The highest BCUT2D eigenvalue weighted by molar-refractivity contribution is 6.31. The molecule has 2 N–H and O–H groups in total. The molecule has 0 amide bonds. The smallest absolute Gasteiger partial charge is 0.115 e. The van der Waals surface area contributed by atoms with Crippen molar-refractivity contribution in [2.45, 2.75) is 25.9 Å². The first-order valence-corrected chi connectivity index (χ1v) is 6.53. The topological polar surface area (TPSA) is 40.5 Å². The number of hydrogen-bond acceptors (Lipinski definition) is 2. The number of aromatic hydroxyl groups is 1. The number of benzene rings is 2. The van der Waals surface area contributed by atoms with Gasteiger partial charge in [0, 0.05) is 11.4 Å². The van der Waals surface area contributed by atoms with E-state index < -0.39 is 5.60 Å². The van der Waals surface area contributed by atoms with Crippen LogP contribution in [0.25, 0.3) is 0 Å². The van der Waals surface area contributed by atoms with Crippen LogP contribution >= 0.6 is 11.6 Å². The maximum absolute atomic E-state index is 10.6. The largest absolute Gasteiger partial charge is 0.508 e. The quantitative estimate of drug-likeness (QED) is 0.895. The lowest BCUT2D eigenvalue weighted by Crippen LogP contribution is -2.24. The first-order chi connectivity index (χ1) is 8.88. The van der Waals surface area contributed by atoms with Gasteiger partial charge in [-0.2, -0.15) is 0 Å². The maximum atomic E-state index is 10.6. The lowest BCUT2D eigenvalue weighted by Gasteiger charge is -2.24. The molecule has 2 aromatic rings. The van der Waals surface area contributed by atoms with Crippen LogP contribution in [0.4, 0.5) is 0 Å². The van der Waals surface area contributed by atoms with Crippen molar-refractivity contribution in [1.82, 2.24) is 0 Å². The number of rotatable bonds is 3. The van der Waals surface area contributed by atoms with E-state index in [1.807, 2.05) is 25.1 Å². The van der Waals surface area contributed by atoms with E-state index >= 15 is 0 Å². The van der Waals surface area contributed by atoms with E-state index in [0.29, 0.717) is 11.4 Å². The van der Waals surface area contributed by atoms with Crippen molar-refractivity contribution in [2.24, 2.45) is 0 Å². The van der Waals surface area contributed by atoms with Crippen LogP contribution in [0.3, 0.4) is 0 Å². The van der Waals surface area contributed by atoms with Crippen LogP contribution in [0.15, 0.2) is 42.5 Å². The normalized spacial score (nSPS) is 14.1. The third-order valence-corrected chi connectivity index (χ3v) is 3.58. The van der Waals surface area contributed by atoms with Crippen LogP contribution in [0.2, 0.25) is 5.02 Å². The number of halogens is 1. The number of phenols is 1. The van der Waals surface area contributed by atoms with Gasteiger partial charge in [0.15, 0.2) is 0 Å². The van der Waals surface area contributed by atoms with Crippen molar-refractivity contribution in [3.8, 4) is 5.75 Å². The molecule has 0 heterocycles. The highest BCUT2D eigenvalue weighted by Crippen LogP contribution is 2.29. The molecule has 0 aliphatic heterocycles. The summed E-state index contributed by atoms with van der Waals surface area (Å²) in [6, 6.07) is 12.4. The predicted octanol–water partition coefficient (Wildman–Crippen LogP) is 3.80. The molecule has 0 saturated heterocycles. The maximum Gasteiger partial charge on any atom is 0.115 e. The summed E-state index contributed by atoms with van der Waals surface area (Å²) in [5.41, 5.74) is 1.73. The summed E-state index contributed by atoms with van der Waals surface area (Å²) in [5, 5.41) is 20.5. The van der Waals surface area contributed by atoms with Gasteiger partial charge in [-0.3, -0.25) is 0 Å². The van der Waals surface area contributed by atoms with Crippen molar-refractivity contribution in [2.75, 3.05) is 0 Å². The van der Waals surface area contributed by atoms with Gasteiger partial charge in [-0.25, -0.2) is 0 Å². The molecule has 0 aliphatic rings. The average molecular weight is 277 g/mol. The molecule has 0 bridgehead atoms. The van der Waals surface area contributed by atoms with Crippen LogP contribution in [0.5, 0.6) is 5.75 Å². The molecular formula is C16H17ClO2. The third kappa shape index (κ3) is 3.28. The van der Waals surface area contributed by atoms with Gasteiger partial charge in [-0.15, -0.1) is 0 Å². The Hall–Kier alpha value is -1.51. The molecule has 1 unspecified atom stereocenters. The molecule has 0 spiro atoms. The van der Waals surface area contributed by atoms with Gasteiger partial charge in [0.2, 0.25) is 0 Å². The Kier molecular flexibility index (Phi) is 3.83. The molecule has 100 valence electrons. The minimum absolute atomic E-state index is 0.188. The second-order valence-electron chi connectivity index (χ2n) is 5.09. The summed E-state index contributed by atoms with van der Waals surface area (Å²) in [5.74, 6) is 0.188. The van der Waals surface area contributed by atoms with Crippen LogP contribution in [0.1, 0.15) is 23.6 Å². The second kappa shape index (κ2) is 5.24. The molecule has 0 aliphatic carbocycles. The summed E-state index contributed by atoms with van der Waals surface area (Å²) in [7, 11) is 0. The Labute approximate surface area is 118 Å². The predicted molar refractivity (Wildman–Crippen MR) is 77.6 cm³/mol. The lowest BCUT2D eigenvalue weighted by molar-refractivity contribution is 0.0576. The summed E-state index contributed by atoms with van der Waals surface area (Å²) >= 11 is 6.20. The third-order valence-electron chi connectivity index (χ3n) is 3.23. The van der Waals surface area contributed by atoms with Crippen LogP contribution in [0, 0.1) is 6.92 Å². The second-order valence-corrected chi connectivity index (χ2v) is 5.50. The molecule has 0 aromatic heterocycles. The van der Waals surface area contributed by atoms with Gasteiger partial charge in [0.1, 0.15) is 5.75 Å². The van der Waals surface area contributed by atoms with Crippen molar-refractivity contribution < 1.29 is 10.2 Å². The van der Waals surface area contributed by atoms with Gasteiger partial charge in [0.05, 0.1) is 5.60 Å². The van der Waals surface area contributed by atoms with E-state index in [1.54, 1.807) is 31.2 Å². The Balaban J connectivity index is 2.27. The Bertz CT molecular complexity index is 574. The van der Waals surface area contributed by atoms with Crippen molar-refractivity contribution >= 4 is 11.6 Å². The van der Waals surface area contributed by atoms with E-state index in [2.05, 4.69) is 0 Å². The van der Waals surface area contributed by atoms with Crippen molar-refractivity contribution in [1.29, 1.82) is 0 Å². The fourth-order valence-electron chi connectivity index (χ4n) is 2.09. The van der Waals surface area contributed by atoms with Crippen LogP contribution in [-0.2, 0) is 12.0 Å². The van der Waals surface area contributed by atoms with Gasteiger partial charge in [-0.05, 0) is 48.7 Å². The molecule has 0 saturated carbocycles. The Morgan fingerprint density at radius 3 is 2.32 bits per heavy atom. The Morgan fingerprint density at radius 2 is 1.74 bits per heavy atom. The molecule has 1 atom stereocenters. The van der Waals surface area contributed by atoms with E-state index in [-0.39, 0.29) is 5.75 Å². The number of phenolic OH excluding ortho intramolecular Hbond substituents is 1. The van der Waals surface area contributed by atoms with Gasteiger partial charge >= 0.3 is 0 Å². The first kappa shape index (κ1) is 13.9. The molecule has 0 radical (unpaired) electrons. The minimum Gasteiger partial charge on any atom is -0.508 e. The highest BCUT2D eigenvalue weighted by atomic mass is 35.5. The average Bonchev–Trinajstić information content (AvgIpc) is 2.33. The van der Waals surface area contributed by atoms with Crippen molar-refractivity contribution in [3.05, 3.63) is 64.2 Å². The summed E-state index contributed by atoms with van der Waals surface area (Å²) < 4.78 is 0. The van der Waals surface area contributed by atoms with E-state index in [1.165, 1.54) is 0 Å².